The third-order valence-electron chi connectivity index (χ3n) is 5.47. The maximum Gasteiger partial charge on any atom is 0.335 e. The molecule has 4 rings (SSSR count). The summed E-state index contributed by atoms with van der Waals surface area (Å²) in [5.74, 6) is -1.43. The monoisotopic (exact) mass is 442 g/mol. The Morgan fingerprint density at radius 2 is 1.64 bits per heavy atom. The number of nitrogens with zero attached hydrogens (tertiary/aromatic N) is 3. The normalized spacial score (nSPS) is 14.5. The molecule has 0 bridgehead atoms. The highest BCUT2D eigenvalue weighted by Crippen LogP contribution is 2.30. The van der Waals surface area contributed by atoms with Gasteiger partial charge in [0.15, 0.2) is 5.71 Å². The molecule has 0 atom stereocenters. The van der Waals surface area contributed by atoms with E-state index in [2.05, 4.69) is 15.6 Å². The van der Waals surface area contributed by atoms with E-state index in [0.717, 1.165) is 16.7 Å². The van der Waals surface area contributed by atoms with Crippen LogP contribution in [0, 0.1) is 13.8 Å². The van der Waals surface area contributed by atoms with Gasteiger partial charge in [-0.05, 0) is 79.4 Å². The van der Waals surface area contributed by atoms with E-state index >= 15 is 0 Å². The number of aromatic carboxylic acids is 1. The molecule has 166 valence electrons. The highest BCUT2D eigenvalue weighted by Gasteiger charge is 2.31. The number of carbonyl (C=O) groups is 2. The fraction of sp³-hybridized carbons (Fsp3) is 0.120. The lowest BCUT2D eigenvalue weighted by Gasteiger charge is -2.13. The van der Waals surface area contributed by atoms with Crippen LogP contribution in [-0.2, 0) is 4.79 Å². The van der Waals surface area contributed by atoms with E-state index in [1.54, 1.807) is 31.2 Å². The third-order valence-corrected chi connectivity index (χ3v) is 5.47. The Kier molecular flexibility index (Phi) is 5.66. The van der Waals surface area contributed by atoms with Crippen molar-refractivity contribution in [2.24, 2.45) is 10.2 Å². The summed E-state index contributed by atoms with van der Waals surface area (Å²) in [6.45, 7) is 5.67. The quantitative estimate of drug-likeness (QED) is 0.396. The molecule has 33 heavy (non-hydrogen) atoms. The summed E-state index contributed by atoms with van der Waals surface area (Å²) in [5.41, 5.74) is 8.16. The van der Waals surface area contributed by atoms with Gasteiger partial charge in [0.1, 0.15) is 5.75 Å². The van der Waals surface area contributed by atoms with Crippen molar-refractivity contribution in [3.8, 4) is 16.9 Å². The van der Waals surface area contributed by atoms with Crippen molar-refractivity contribution < 1.29 is 19.8 Å². The van der Waals surface area contributed by atoms with Crippen molar-refractivity contribution in [1.82, 2.24) is 0 Å². The van der Waals surface area contributed by atoms with Gasteiger partial charge in [-0.15, -0.1) is 0 Å². The molecule has 1 amide bonds. The minimum absolute atomic E-state index is 0.0646. The number of carboxylic acid groups (broad SMARTS) is 1. The van der Waals surface area contributed by atoms with Gasteiger partial charge in [-0.25, -0.2) is 4.79 Å². The van der Waals surface area contributed by atoms with E-state index in [4.69, 9.17) is 5.11 Å². The smallest absolute Gasteiger partial charge is 0.335 e. The molecule has 3 aromatic rings. The fourth-order valence-electron chi connectivity index (χ4n) is 3.39. The molecule has 8 heteroatoms. The molecule has 0 saturated heterocycles. The molecule has 0 fully saturated rings. The highest BCUT2D eigenvalue weighted by molar-refractivity contribution is 6.71. The molecule has 8 nitrogen and oxygen atoms in total. The van der Waals surface area contributed by atoms with Gasteiger partial charge < -0.3 is 10.2 Å². The van der Waals surface area contributed by atoms with Gasteiger partial charge in [-0.1, -0.05) is 24.3 Å². The van der Waals surface area contributed by atoms with Crippen LogP contribution in [0.15, 0.2) is 70.9 Å². The number of nitrogens with one attached hydrogen (secondary N) is 1. The Bertz CT molecular complexity index is 1330. The number of phenolic OH excluding ortho intramolecular Hbond substituents is 1. The van der Waals surface area contributed by atoms with E-state index in [1.807, 2.05) is 32.0 Å². The molecule has 0 aromatic heterocycles. The first-order chi connectivity index (χ1) is 15.7. The van der Waals surface area contributed by atoms with Gasteiger partial charge in [-0.2, -0.15) is 15.2 Å². The number of carbonyl (C=O) groups excluding carboxylic acids is 1. The molecule has 1 aliphatic rings. The standard InChI is InChI=1S/C25H22N4O4/c1-14-4-10-20(12-15(14)2)29-24(31)23(16(3)28-29)27-26-21-11-9-19(13-22(21)30)17-5-7-18(8-6-17)25(32)33/h4-13,26,30H,1-3H3,(H,32,33). The number of phenols is 1. The molecule has 3 N–H and O–H groups in total. The number of carboxylic acids is 1. The minimum atomic E-state index is -1.00. The first-order valence-electron chi connectivity index (χ1n) is 10.2. The molecule has 0 radical (unpaired) electrons. The highest BCUT2D eigenvalue weighted by atomic mass is 16.4. The van der Waals surface area contributed by atoms with E-state index in [0.29, 0.717) is 22.6 Å². The topological polar surface area (TPSA) is 115 Å². The zero-order valence-corrected chi connectivity index (χ0v) is 18.3. The second-order valence-corrected chi connectivity index (χ2v) is 7.76. The largest absolute Gasteiger partial charge is 0.506 e. The van der Waals surface area contributed by atoms with Crippen molar-refractivity contribution in [3.63, 3.8) is 0 Å². The zero-order valence-electron chi connectivity index (χ0n) is 18.3. The summed E-state index contributed by atoms with van der Waals surface area (Å²) in [6, 6.07) is 16.9. The van der Waals surface area contributed by atoms with Crippen LogP contribution in [-0.4, -0.2) is 33.5 Å². The Hall–Kier alpha value is -4.46. The van der Waals surface area contributed by atoms with Crippen LogP contribution in [0.5, 0.6) is 5.75 Å². The molecule has 3 aromatic carbocycles. The molecule has 0 saturated carbocycles. The number of hydrazone groups is 2. The van der Waals surface area contributed by atoms with Gasteiger partial charge >= 0.3 is 11.9 Å². The lowest BCUT2D eigenvalue weighted by atomic mass is 10.0. The van der Waals surface area contributed by atoms with Crippen molar-refractivity contribution >= 4 is 34.7 Å². The SMILES string of the molecule is CC1=NN(c2ccc(C)c(C)c2)C(=O)C1=NNc1ccc(-c2ccc(C(=O)O)cc2)cc1O. The van der Waals surface area contributed by atoms with Crippen LogP contribution in [0.25, 0.3) is 11.1 Å². The van der Waals surface area contributed by atoms with E-state index < -0.39 is 5.97 Å². The summed E-state index contributed by atoms with van der Waals surface area (Å²) >= 11 is 0. The zero-order chi connectivity index (χ0) is 23.7. The van der Waals surface area contributed by atoms with Crippen LogP contribution < -0.4 is 10.4 Å². The second-order valence-electron chi connectivity index (χ2n) is 7.76. The van der Waals surface area contributed by atoms with Crippen molar-refractivity contribution in [3.05, 3.63) is 77.4 Å². The van der Waals surface area contributed by atoms with Crippen LogP contribution in [0.1, 0.15) is 28.4 Å². The first kappa shape index (κ1) is 21.8. The van der Waals surface area contributed by atoms with Gasteiger partial charge in [0.2, 0.25) is 0 Å². The number of amides is 1. The van der Waals surface area contributed by atoms with E-state index in [1.165, 1.54) is 23.2 Å². The number of benzene rings is 3. The van der Waals surface area contributed by atoms with E-state index in [-0.39, 0.29) is 22.9 Å². The number of aryl methyl sites for hydroxylation is 2. The summed E-state index contributed by atoms with van der Waals surface area (Å²) in [5, 5.41) is 29.3. The lowest BCUT2D eigenvalue weighted by Crippen LogP contribution is -2.28. The van der Waals surface area contributed by atoms with Gasteiger partial charge in [0, 0.05) is 0 Å². The number of anilines is 2. The Labute approximate surface area is 190 Å². The minimum Gasteiger partial charge on any atom is -0.506 e. The maximum atomic E-state index is 12.9. The van der Waals surface area contributed by atoms with Crippen molar-refractivity contribution in [1.29, 1.82) is 0 Å². The van der Waals surface area contributed by atoms with Crippen molar-refractivity contribution in [2.75, 3.05) is 10.4 Å². The Balaban J connectivity index is 1.52. The number of hydrogen-bond donors (Lipinski definition) is 3. The van der Waals surface area contributed by atoms with Crippen LogP contribution in [0.4, 0.5) is 11.4 Å². The Morgan fingerprint density at radius 1 is 0.939 bits per heavy atom. The molecule has 0 spiro atoms. The molecular formula is C25H22N4O4. The molecule has 1 heterocycles. The summed E-state index contributed by atoms with van der Waals surface area (Å²) in [4.78, 5) is 23.9. The lowest BCUT2D eigenvalue weighted by molar-refractivity contribution is -0.112. The number of hydrogen-bond acceptors (Lipinski definition) is 6. The van der Waals surface area contributed by atoms with E-state index in [9.17, 15) is 14.7 Å². The summed E-state index contributed by atoms with van der Waals surface area (Å²) in [7, 11) is 0. The predicted molar refractivity (Wildman–Crippen MR) is 128 cm³/mol. The first-order valence-corrected chi connectivity index (χ1v) is 10.2. The molecular weight excluding hydrogens is 420 g/mol. The van der Waals surface area contributed by atoms with Gasteiger partial charge in [0.05, 0.1) is 22.6 Å². The van der Waals surface area contributed by atoms with Crippen LogP contribution in [0.2, 0.25) is 0 Å². The summed E-state index contributed by atoms with van der Waals surface area (Å²) < 4.78 is 0. The molecule has 1 aliphatic heterocycles. The van der Waals surface area contributed by atoms with Crippen molar-refractivity contribution in [2.45, 2.75) is 20.8 Å². The van der Waals surface area contributed by atoms with Crippen LogP contribution in [0.3, 0.4) is 0 Å². The fourth-order valence-corrected chi connectivity index (χ4v) is 3.39. The third kappa shape index (κ3) is 4.31. The Morgan fingerprint density at radius 3 is 2.27 bits per heavy atom. The van der Waals surface area contributed by atoms with Gasteiger partial charge in [-0.3, -0.25) is 10.2 Å². The average molecular weight is 442 g/mol. The van der Waals surface area contributed by atoms with Crippen LogP contribution >= 0.6 is 0 Å². The van der Waals surface area contributed by atoms with Gasteiger partial charge in [0.25, 0.3) is 0 Å². The second kappa shape index (κ2) is 8.58. The molecule has 0 aliphatic carbocycles. The number of rotatable bonds is 5. The predicted octanol–water partition coefficient (Wildman–Crippen LogP) is 4.56. The molecule has 0 unspecified atom stereocenters. The average Bonchev–Trinajstić information content (AvgIpc) is 3.08. The summed E-state index contributed by atoms with van der Waals surface area (Å²) in [6.07, 6.45) is 0. The maximum absolute atomic E-state index is 12.9. The number of aromatic hydroxyl groups is 1.